The number of rotatable bonds is 10. The van der Waals surface area contributed by atoms with Gasteiger partial charge >= 0.3 is 11.9 Å². The molecule has 2 amide bonds. The van der Waals surface area contributed by atoms with Gasteiger partial charge in [0, 0.05) is 28.1 Å². The molecular formula is C23H20BrN3O8S2. The number of β-lactam (4-membered cyclic amide) rings is 1. The number of fused-ring (bicyclic) bond motifs is 1. The van der Waals surface area contributed by atoms with E-state index >= 15 is 0 Å². The Hall–Kier alpha value is -3.23. The molecule has 194 valence electrons. The first-order valence-corrected chi connectivity index (χ1v) is 14.0. The Balaban J connectivity index is 1.49. The first-order chi connectivity index (χ1) is 17.8. The Morgan fingerprint density at radius 2 is 1.92 bits per heavy atom. The zero-order valence-electron chi connectivity index (χ0n) is 19.1. The Bertz CT molecular complexity index is 1250. The largest absolute Gasteiger partial charge is 0.461 e. The average molecular weight is 610 g/mol. The van der Waals surface area contributed by atoms with E-state index in [9.17, 15) is 29.3 Å². The minimum absolute atomic E-state index is 0.00684. The SMILES string of the molecule is O=C(Cc1cccs1)NC1C(=O)N2C(C(=O)OCc3ccc([N+](=O)[O-])cc3)=C(C(=O)OCCBr)CS[C@@H]12. The molecular weight excluding hydrogens is 590 g/mol. The van der Waals surface area contributed by atoms with Crippen molar-refractivity contribution < 1.29 is 33.6 Å². The second-order valence-electron chi connectivity index (χ2n) is 7.86. The first-order valence-electron chi connectivity index (χ1n) is 10.9. The number of nitro benzene ring substituents is 1. The fourth-order valence-corrected chi connectivity index (χ4v) is 5.90. The van der Waals surface area contributed by atoms with Crippen LogP contribution in [0.3, 0.4) is 0 Å². The molecule has 2 atom stereocenters. The van der Waals surface area contributed by atoms with Crippen molar-refractivity contribution in [3.8, 4) is 0 Å². The molecule has 2 aliphatic rings. The molecule has 3 heterocycles. The van der Waals surface area contributed by atoms with Crippen LogP contribution in [0.15, 0.2) is 53.0 Å². The molecule has 1 unspecified atom stereocenters. The Labute approximate surface area is 227 Å². The predicted octanol–water partition coefficient (Wildman–Crippen LogP) is 2.53. The minimum Gasteiger partial charge on any atom is -0.461 e. The molecule has 0 bridgehead atoms. The minimum atomic E-state index is -0.911. The molecule has 1 aromatic heterocycles. The summed E-state index contributed by atoms with van der Waals surface area (Å²) in [6, 6.07) is 8.24. The van der Waals surface area contributed by atoms with Crippen molar-refractivity contribution >= 4 is 68.5 Å². The fourth-order valence-electron chi connectivity index (χ4n) is 3.71. The topological polar surface area (TPSA) is 145 Å². The van der Waals surface area contributed by atoms with E-state index in [1.165, 1.54) is 47.4 Å². The summed E-state index contributed by atoms with van der Waals surface area (Å²) in [6.07, 6.45) is 0.128. The van der Waals surface area contributed by atoms with Crippen molar-refractivity contribution in [3.63, 3.8) is 0 Å². The summed E-state index contributed by atoms with van der Waals surface area (Å²) in [6.45, 7) is -0.165. The molecule has 4 rings (SSSR count). The molecule has 2 aromatic rings. The van der Waals surface area contributed by atoms with E-state index in [0.29, 0.717) is 10.9 Å². The average Bonchev–Trinajstić information content (AvgIpc) is 3.41. The third-order valence-corrected chi connectivity index (χ3v) is 7.95. The molecule has 0 aliphatic carbocycles. The maximum atomic E-state index is 13.1. The van der Waals surface area contributed by atoms with Crippen molar-refractivity contribution in [2.45, 2.75) is 24.4 Å². The predicted molar refractivity (Wildman–Crippen MR) is 138 cm³/mol. The second-order valence-corrected chi connectivity index (χ2v) is 10.8. The molecule has 0 spiro atoms. The number of nitrogens with one attached hydrogen (secondary N) is 1. The number of carbonyl (C=O) groups excluding carboxylic acids is 4. The van der Waals surface area contributed by atoms with Crippen LogP contribution in [0.25, 0.3) is 0 Å². The van der Waals surface area contributed by atoms with E-state index in [-0.39, 0.29) is 48.3 Å². The van der Waals surface area contributed by atoms with Crippen molar-refractivity contribution in [1.82, 2.24) is 10.2 Å². The highest BCUT2D eigenvalue weighted by Gasteiger charge is 2.55. The number of halogens is 1. The molecule has 1 fully saturated rings. The lowest BCUT2D eigenvalue weighted by molar-refractivity contribution is -0.384. The number of ether oxygens (including phenoxy) is 2. The van der Waals surface area contributed by atoms with Crippen LogP contribution in [0.1, 0.15) is 10.4 Å². The molecule has 2 aliphatic heterocycles. The second kappa shape index (κ2) is 11.9. The number of nitro groups is 1. The van der Waals surface area contributed by atoms with Crippen LogP contribution < -0.4 is 5.32 Å². The van der Waals surface area contributed by atoms with Crippen LogP contribution in [0, 0.1) is 10.1 Å². The number of benzene rings is 1. The molecule has 0 radical (unpaired) electrons. The van der Waals surface area contributed by atoms with Crippen molar-refractivity contribution in [1.29, 1.82) is 0 Å². The van der Waals surface area contributed by atoms with E-state index in [2.05, 4.69) is 21.2 Å². The highest BCUT2D eigenvalue weighted by molar-refractivity contribution is 9.09. The van der Waals surface area contributed by atoms with Crippen LogP contribution in [0.2, 0.25) is 0 Å². The number of amides is 2. The van der Waals surface area contributed by atoms with Gasteiger partial charge in [-0.15, -0.1) is 23.1 Å². The number of thiophene rings is 1. The van der Waals surface area contributed by atoms with Gasteiger partial charge in [-0.1, -0.05) is 22.0 Å². The van der Waals surface area contributed by atoms with Crippen molar-refractivity contribution in [2.75, 3.05) is 17.7 Å². The van der Waals surface area contributed by atoms with Crippen molar-refractivity contribution in [2.24, 2.45) is 0 Å². The van der Waals surface area contributed by atoms with Gasteiger partial charge in [0.15, 0.2) is 0 Å². The standard InChI is InChI=1S/C23H20BrN3O8S2/c24-7-8-34-22(30)16-12-37-21-18(25-17(28)10-15-2-1-9-36-15)20(29)26(21)19(16)23(31)35-11-13-3-5-14(6-4-13)27(32)33/h1-6,9,18,21H,7-8,10-12H2,(H,25,28)/t18?,21-/m0/s1. The Morgan fingerprint density at radius 1 is 1.16 bits per heavy atom. The van der Waals surface area contributed by atoms with Gasteiger partial charge in [0.1, 0.15) is 30.3 Å². The molecule has 37 heavy (non-hydrogen) atoms. The van der Waals surface area contributed by atoms with Crippen LogP contribution in [0.5, 0.6) is 0 Å². The number of non-ortho nitro benzene ring substituents is 1. The number of esters is 2. The lowest BCUT2D eigenvalue weighted by Crippen LogP contribution is -2.70. The monoisotopic (exact) mass is 609 g/mol. The number of thioether (sulfide) groups is 1. The maximum Gasteiger partial charge on any atom is 0.356 e. The van der Waals surface area contributed by atoms with Gasteiger partial charge in [0.2, 0.25) is 5.91 Å². The quantitative estimate of drug-likeness (QED) is 0.141. The summed E-state index contributed by atoms with van der Waals surface area (Å²) in [5, 5.41) is 15.2. The zero-order chi connectivity index (χ0) is 26.5. The lowest BCUT2D eigenvalue weighted by Gasteiger charge is -2.49. The van der Waals surface area contributed by atoms with Gasteiger partial charge in [-0.05, 0) is 29.1 Å². The Morgan fingerprint density at radius 3 is 2.57 bits per heavy atom. The summed E-state index contributed by atoms with van der Waals surface area (Å²) in [4.78, 5) is 63.6. The number of nitrogens with zero attached hydrogens (tertiary/aromatic N) is 2. The molecule has 1 saturated heterocycles. The lowest BCUT2D eigenvalue weighted by atomic mass is 10.0. The normalized spacial score (nSPS) is 18.5. The molecule has 1 aromatic carbocycles. The number of alkyl halides is 1. The molecule has 14 heteroatoms. The van der Waals surface area contributed by atoms with Crippen LogP contribution >= 0.6 is 39.0 Å². The molecule has 11 nitrogen and oxygen atoms in total. The third-order valence-electron chi connectivity index (χ3n) is 5.47. The summed E-state index contributed by atoms with van der Waals surface area (Å²) < 4.78 is 10.5. The van der Waals surface area contributed by atoms with Gasteiger partial charge in [0.25, 0.3) is 11.6 Å². The third kappa shape index (κ3) is 6.02. The van der Waals surface area contributed by atoms with Crippen LogP contribution in [0.4, 0.5) is 5.69 Å². The van der Waals surface area contributed by atoms with Crippen LogP contribution in [-0.4, -0.2) is 62.7 Å². The summed E-state index contributed by atoms with van der Waals surface area (Å²) in [5.41, 5.74) is 0.144. The van der Waals surface area contributed by atoms with Crippen molar-refractivity contribution in [3.05, 3.63) is 73.6 Å². The van der Waals surface area contributed by atoms with E-state index in [4.69, 9.17) is 9.47 Å². The summed E-state index contributed by atoms with van der Waals surface area (Å²) in [7, 11) is 0. The van der Waals surface area contributed by atoms with Gasteiger partial charge in [-0.3, -0.25) is 24.6 Å². The van der Waals surface area contributed by atoms with Crippen LogP contribution in [-0.2, 0) is 41.7 Å². The smallest absolute Gasteiger partial charge is 0.356 e. The number of carbonyl (C=O) groups is 4. The fraction of sp³-hybridized carbons (Fsp3) is 0.304. The van der Waals surface area contributed by atoms with Gasteiger partial charge in [-0.25, -0.2) is 9.59 Å². The van der Waals surface area contributed by atoms with Gasteiger partial charge in [0.05, 0.1) is 16.9 Å². The van der Waals surface area contributed by atoms with Gasteiger partial charge < -0.3 is 14.8 Å². The van der Waals surface area contributed by atoms with E-state index in [1.54, 1.807) is 0 Å². The van der Waals surface area contributed by atoms with Gasteiger partial charge in [-0.2, -0.15) is 0 Å². The highest BCUT2D eigenvalue weighted by atomic mass is 79.9. The summed E-state index contributed by atoms with van der Waals surface area (Å²) >= 11 is 5.83. The summed E-state index contributed by atoms with van der Waals surface area (Å²) in [5.74, 6) is -2.44. The number of hydrogen-bond acceptors (Lipinski definition) is 10. The van der Waals surface area contributed by atoms with E-state index in [1.807, 2.05) is 17.5 Å². The number of hydrogen-bond donors (Lipinski definition) is 1. The van der Waals surface area contributed by atoms with E-state index in [0.717, 1.165) is 9.78 Å². The zero-order valence-corrected chi connectivity index (χ0v) is 22.3. The maximum absolute atomic E-state index is 13.1. The molecule has 0 saturated carbocycles. The first kappa shape index (κ1) is 26.8. The Kier molecular flexibility index (Phi) is 8.61. The molecule has 1 N–H and O–H groups in total. The highest BCUT2D eigenvalue weighted by Crippen LogP contribution is 2.41. The van der Waals surface area contributed by atoms with E-state index < -0.39 is 34.2 Å².